The first-order valence-corrected chi connectivity index (χ1v) is 3.07. The largest absolute Gasteiger partial charge is 0.346 e. The van der Waals surface area contributed by atoms with E-state index in [0.29, 0.717) is 0 Å². The van der Waals surface area contributed by atoms with Crippen LogP contribution in [0.2, 0.25) is 0 Å². The molecule has 0 unspecified atom stereocenters. The van der Waals surface area contributed by atoms with Gasteiger partial charge in [0.05, 0.1) is 0 Å². The van der Waals surface area contributed by atoms with Gasteiger partial charge in [-0.1, -0.05) is 0 Å². The van der Waals surface area contributed by atoms with E-state index >= 15 is 0 Å². The highest BCUT2D eigenvalue weighted by molar-refractivity contribution is 4.58. The van der Waals surface area contributed by atoms with E-state index in [9.17, 15) is 10.1 Å². The lowest BCUT2D eigenvalue weighted by Crippen LogP contribution is -2.39. The van der Waals surface area contributed by atoms with Gasteiger partial charge in [0.1, 0.15) is 13.2 Å². The molecule has 0 bridgehead atoms. The molecule has 10 heavy (non-hydrogen) atoms. The third-order valence-electron chi connectivity index (χ3n) is 1.34. The third kappa shape index (κ3) is 1.65. The maximum absolute atomic E-state index is 10.1. The quantitative estimate of drug-likeness (QED) is 0.387. The van der Waals surface area contributed by atoms with Crippen molar-refractivity contribution in [2.24, 2.45) is 0 Å². The summed E-state index contributed by atoms with van der Waals surface area (Å²) in [6.07, 6.45) is -0.295. The molecule has 0 radical (unpaired) electrons. The molecule has 0 aliphatic carbocycles. The third-order valence-corrected chi connectivity index (χ3v) is 1.34. The van der Waals surface area contributed by atoms with Crippen molar-refractivity contribution in [3.05, 3.63) is 10.1 Å². The molecule has 0 N–H and O–H groups in total. The Hall–Kier alpha value is -0.680. The van der Waals surface area contributed by atoms with Crippen molar-refractivity contribution in [3.8, 4) is 0 Å². The molecule has 1 saturated heterocycles. The zero-order valence-electron chi connectivity index (χ0n) is 5.65. The Kier molecular flexibility index (Phi) is 2.18. The number of ether oxygens (including phenoxy) is 2. The molecule has 1 aliphatic rings. The predicted molar refractivity (Wildman–Crippen MR) is 32.1 cm³/mol. The summed E-state index contributed by atoms with van der Waals surface area (Å²) in [6.45, 7) is 2.04. The summed E-state index contributed by atoms with van der Waals surface area (Å²) in [6, 6.07) is -0.684. The van der Waals surface area contributed by atoms with E-state index in [1.807, 2.05) is 0 Å². The fourth-order valence-electron chi connectivity index (χ4n) is 0.711. The van der Waals surface area contributed by atoms with Gasteiger partial charge >= 0.3 is 0 Å². The molecule has 5 heteroatoms. The van der Waals surface area contributed by atoms with Crippen LogP contribution >= 0.6 is 0 Å². The second-order valence-electron chi connectivity index (χ2n) is 2.17. The molecule has 0 spiro atoms. The second kappa shape index (κ2) is 2.94. The molecule has 0 saturated carbocycles. The van der Waals surface area contributed by atoms with Crippen LogP contribution in [-0.4, -0.2) is 30.5 Å². The van der Waals surface area contributed by atoms with Gasteiger partial charge in [-0.3, -0.25) is 10.1 Å². The molecule has 0 amide bonds. The Morgan fingerprint density at radius 2 is 2.00 bits per heavy atom. The molecule has 0 atom stereocenters. The second-order valence-corrected chi connectivity index (χ2v) is 2.17. The minimum Gasteiger partial charge on any atom is -0.346 e. The summed E-state index contributed by atoms with van der Waals surface area (Å²) in [5.74, 6) is 0. The van der Waals surface area contributed by atoms with Crippen molar-refractivity contribution >= 4 is 0 Å². The Morgan fingerprint density at radius 3 is 2.40 bits per heavy atom. The predicted octanol–water partition coefficient (Wildman–Crippen LogP) is 0.0245. The molecular weight excluding hydrogens is 138 g/mol. The van der Waals surface area contributed by atoms with Crippen molar-refractivity contribution in [3.63, 3.8) is 0 Å². The maximum Gasteiger partial charge on any atom is 0.259 e. The number of rotatable bonds is 1. The highest BCUT2D eigenvalue weighted by Gasteiger charge is 2.27. The van der Waals surface area contributed by atoms with Crippen molar-refractivity contribution in [2.75, 3.05) is 13.2 Å². The van der Waals surface area contributed by atoms with Crippen LogP contribution in [0, 0.1) is 10.1 Å². The fourth-order valence-corrected chi connectivity index (χ4v) is 0.711. The van der Waals surface area contributed by atoms with E-state index in [4.69, 9.17) is 9.47 Å². The molecule has 1 aliphatic heterocycles. The lowest BCUT2D eigenvalue weighted by atomic mass is 10.3. The molecule has 1 heterocycles. The number of nitro groups is 1. The molecule has 0 aromatic carbocycles. The maximum atomic E-state index is 10.1. The van der Waals surface area contributed by atoms with Crippen LogP contribution in [0.5, 0.6) is 0 Å². The smallest absolute Gasteiger partial charge is 0.259 e. The molecular formula is C5H9NO4. The van der Waals surface area contributed by atoms with Gasteiger partial charge in [0.2, 0.25) is 0 Å². The summed E-state index contributed by atoms with van der Waals surface area (Å²) in [5, 5.41) is 10.1. The zero-order valence-corrected chi connectivity index (χ0v) is 5.65. The summed E-state index contributed by atoms with van der Waals surface area (Å²) in [7, 11) is 0. The van der Waals surface area contributed by atoms with Gasteiger partial charge in [-0.05, 0) is 6.92 Å². The van der Waals surface area contributed by atoms with Crippen LogP contribution in [0.25, 0.3) is 0 Å². The normalized spacial score (nSPS) is 33.7. The number of nitrogens with zero attached hydrogens (tertiary/aromatic N) is 1. The average molecular weight is 147 g/mol. The van der Waals surface area contributed by atoms with Gasteiger partial charge in [-0.25, -0.2) is 0 Å². The van der Waals surface area contributed by atoms with Crippen molar-refractivity contribution in [1.82, 2.24) is 0 Å². The van der Waals surface area contributed by atoms with Crippen LogP contribution in [0.4, 0.5) is 0 Å². The van der Waals surface area contributed by atoms with Crippen LogP contribution < -0.4 is 0 Å². The van der Waals surface area contributed by atoms with Crippen LogP contribution in [-0.2, 0) is 9.47 Å². The lowest BCUT2D eigenvalue weighted by Gasteiger charge is -2.21. The Bertz CT molecular complexity index is 130. The minimum absolute atomic E-state index is 0.161. The molecule has 58 valence electrons. The molecule has 1 rings (SSSR count). The van der Waals surface area contributed by atoms with Gasteiger partial charge in [-0.15, -0.1) is 0 Å². The van der Waals surface area contributed by atoms with Crippen molar-refractivity contribution in [2.45, 2.75) is 19.3 Å². The van der Waals surface area contributed by atoms with Crippen LogP contribution in [0.3, 0.4) is 0 Å². The zero-order chi connectivity index (χ0) is 7.56. The SMILES string of the molecule is CC1OCC([N+](=O)[O-])CO1. The lowest BCUT2D eigenvalue weighted by molar-refractivity contribution is -0.542. The summed E-state index contributed by atoms with van der Waals surface area (Å²) in [4.78, 5) is 9.72. The molecule has 1 fully saturated rings. The van der Waals surface area contributed by atoms with E-state index in [-0.39, 0.29) is 24.4 Å². The van der Waals surface area contributed by atoms with Gasteiger partial charge in [0.25, 0.3) is 6.04 Å². The van der Waals surface area contributed by atoms with Crippen molar-refractivity contribution in [1.29, 1.82) is 0 Å². The summed E-state index contributed by atoms with van der Waals surface area (Å²) < 4.78 is 9.78. The Morgan fingerprint density at radius 1 is 1.50 bits per heavy atom. The highest BCUT2D eigenvalue weighted by atomic mass is 16.7. The van der Waals surface area contributed by atoms with E-state index in [1.165, 1.54) is 0 Å². The summed E-state index contributed by atoms with van der Waals surface area (Å²) >= 11 is 0. The van der Waals surface area contributed by atoms with E-state index < -0.39 is 6.04 Å². The van der Waals surface area contributed by atoms with Gasteiger partial charge < -0.3 is 9.47 Å². The fraction of sp³-hybridized carbons (Fsp3) is 1.00. The van der Waals surface area contributed by atoms with E-state index in [1.54, 1.807) is 6.92 Å². The van der Waals surface area contributed by atoms with Crippen molar-refractivity contribution < 1.29 is 14.4 Å². The Labute approximate surface area is 58.1 Å². The minimum atomic E-state index is -0.684. The van der Waals surface area contributed by atoms with E-state index in [2.05, 4.69) is 0 Å². The first kappa shape index (κ1) is 7.43. The number of hydrogen-bond acceptors (Lipinski definition) is 4. The standard InChI is InChI=1S/C5H9NO4/c1-4-9-2-5(3-10-4)6(7)8/h4-5H,2-3H2,1H3. The molecule has 5 nitrogen and oxygen atoms in total. The number of hydrogen-bond donors (Lipinski definition) is 0. The van der Waals surface area contributed by atoms with Crippen LogP contribution in [0.15, 0.2) is 0 Å². The first-order valence-electron chi connectivity index (χ1n) is 3.07. The van der Waals surface area contributed by atoms with Gasteiger partial charge in [0, 0.05) is 4.92 Å². The van der Waals surface area contributed by atoms with Crippen LogP contribution in [0.1, 0.15) is 6.92 Å². The molecule has 0 aromatic rings. The first-order chi connectivity index (χ1) is 4.70. The monoisotopic (exact) mass is 147 g/mol. The topological polar surface area (TPSA) is 61.6 Å². The van der Waals surface area contributed by atoms with Gasteiger partial charge in [0.15, 0.2) is 6.29 Å². The van der Waals surface area contributed by atoms with E-state index in [0.717, 1.165) is 0 Å². The molecule has 0 aromatic heterocycles. The average Bonchev–Trinajstić information content (AvgIpc) is 1.88. The summed E-state index contributed by atoms with van der Waals surface area (Å²) in [5.41, 5.74) is 0. The Balaban J connectivity index is 2.33. The highest BCUT2D eigenvalue weighted by Crippen LogP contribution is 2.06. The van der Waals surface area contributed by atoms with Gasteiger partial charge in [-0.2, -0.15) is 0 Å².